The molecule has 3 amide bonds. The largest absolute Gasteiger partial charge is 0.450 e. The number of benzene rings is 2. The highest BCUT2D eigenvalue weighted by Gasteiger charge is 2.30. The number of ether oxygens (including phenoxy) is 2. The average molecular weight is 597 g/mol. The van der Waals surface area contributed by atoms with Gasteiger partial charge in [-0.25, -0.2) is 9.59 Å². The molecule has 0 radical (unpaired) electrons. The van der Waals surface area contributed by atoms with E-state index in [4.69, 9.17) is 9.47 Å². The predicted octanol–water partition coefficient (Wildman–Crippen LogP) is 4.23. The third kappa shape index (κ3) is 11.1. The van der Waals surface area contributed by atoms with Crippen LogP contribution in [-0.2, 0) is 33.7 Å². The molecule has 0 spiro atoms. The number of aromatic nitrogens is 1. The van der Waals surface area contributed by atoms with Gasteiger partial charge in [-0.3, -0.25) is 9.78 Å². The van der Waals surface area contributed by atoms with Gasteiger partial charge < -0.3 is 30.5 Å². The van der Waals surface area contributed by atoms with Gasteiger partial charge in [-0.2, -0.15) is 0 Å². The van der Waals surface area contributed by atoms with Gasteiger partial charge in [0.05, 0.1) is 29.1 Å². The van der Waals surface area contributed by atoms with Crippen LogP contribution in [0.5, 0.6) is 0 Å². The van der Waals surface area contributed by atoms with E-state index in [-0.39, 0.29) is 31.5 Å². The second-order valence-electron chi connectivity index (χ2n) is 10.3. The second-order valence-corrected chi connectivity index (χ2v) is 11.2. The molecule has 0 aliphatic heterocycles. The van der Waals surface area contributed by atoms with Crippen molar-refractivity contribution in [2.45, 2.75) is 70.9 Å². The number of nitrogens with zero attached hydrogens (tertiary/aromatic N) is 1. The Labute approximate surface area is 250 Å². The molecule has 0 aliphatic carbocycles. The Kier molecular flexibility index (Phi) is 13.3. The molecule has 0 bridgehead atoms. The van der Waals surface area contributed by atoms with Crippen molar-refractivity contribution >= 4 is 29.4 Å². The molecule has 2 aromatic carbocycles. The maximum atomic E-state index is 13.4. The van der Waals surface area contributed by atoms with Gasteiger partial charge in [-0.1, -0.05) is 74.5 Å². The maximum Gasteiger partial charge on any atom is 0.407 e. The van der Waals surface area contributed by atoms with E-state index in [0.717, 1.165) is 16.0 Å². The summed E-state index contributed by atoms with van der Waals surface area (Å²) in [6.07, 6.45) is 0.181. The molecule has 4 atom stereocenters. The van der Waals surface area contributed by atoms with E-state index in [2.05, 4.69) is 20.9 Å². The summed E-state index contributed by atoms with van der Waals surface area (Å²) in [4.78, 5) is 43.0. The summed E-state index contributed by atoms with van der Waals surface area (Å²) in [6, 6.07) is 17.1. The van der Waals surface area contributed by atoms with E-state index < -0.39 is 36.4 Å². The summed E-state index contributed by atoms with van der Waals surface area (Å²) in [5.41, 5.74) is 3.55. The number of hydrogen-bond acceptors (Lipinski definition) is 8. The minimum absolute atomic E-state index is 0.0708. The number of carbonyl (C=O) groups excluding carboxylic acids is 3. The highest BCUT2D eigenvalue weighted by molar-refractivity contribution is 7.09. The number of hydrogen-bond donors (Lipinski definition) is 4. The standard InChI is InChI=1S/C31H40N4O6S/c1-4-40-31(39)35-28(21(2)3)29(37)33-24(15-22-11-7-5-8-12-22)17-27(36)26(16-23-13-9-6-10-14-23)34-30(38)41-19-25-18-32-20-42-25/h5-14,18,20-21,24,26-28,36H,4,15-17,19H2,1-3H3,(H,33,37)(H,34,38)(H,35,39)/t24-,26-,27-,28-/m0/s1. The topological polar surface area (TPSA) is 139 Å². The fraction of sp³-hybridized carbons (Fsp3) is 0.419. The number of carbonyl (C=O) groups is 3. The van der Waals surface area contributed by atoms with Crippen LogP contribution in [0, 0.1) is 5.92 Å². The van der Waals surface area contributed by atoms with Crippen LogP contribution in [-0.4, -0.2) is 59.0 Å². The van der Waals surface area contributed by atoms with Crippen molar-refractivity contribution in [2.75, 3.05) is 6.61 Å². The number of thiazole rings is 1. The van der Waals surface area contributed by atoms with Gasteiger partial charge >= 0.3 is 12.2 Å². The molecule has 0 saturated heterocycles. The lowest BCUT2D eigenvalue weighted by atomic mass is 9.93. The fourth-order valence-corrected chi connectivity index (χ4v) is 4.97. The molecule has 1 aromatic heterocycles. The van der Waals surface area contributed by atoms with E-state index in [0.29, 0.717) is 12.8 Å². The van der Waals surface area contributed by atoms with E-state index in [1.165, 1.54) is 11.3 Å². The highest BCUT2D eigenvalue weighted by Crippen LogP contribution is 2.16. The number of amides is 3. The third-order valence-electron chi connectivity index (χ3n) is 6.59. The van der Waals surface area contributed by atoms with Crippen LogP contribution in [0.25, 0.3) is 0 Å². The van der Waals surface area contributed by atoms with Gasteiger partial charge in [-0.15, -0.1) is 11.3 Å². The molecule has 0 fully saturated rings. The number of nitrogens with one attached hydrogen (secondary N) is 3. The molecule has 42 heavy (non-hydrogen) atoms. The molecule has 0 aliphatic rings. The van der Waals surface area contributed by atoms with Gasteiger partial charge in [0.2, 0.25) is 5.91 Å². The molecule has 3 aromatic rings. The quantitative estimate of drug-likeness (QED) is 0.206. The van der Waals surface area contributed by atoms with Gasteiger partial charge in [0, 0.05) is 12.2 Å². The first-order valence-electron chi connectivity index (χ1n) is 14.0. The zero-order valence-corrected chi connectivity index (χ0v) is 25.0. The van der Waals surface area contributed by atoms with Crippen molar-refractivity contribution in [2.24, 2.45) is 5.92 Å². The smallest absolute Gasteiger partial charge is 0.407 e. The van der Waals surface area contributed by atoms with Gasteiger partial charge in [0.1, 0.15) is 12.6 Å². The Hall–Kier alpha value is -3.96. The van der Waals surface area contributed by atoms with Crippen LogP contribution in [0.2, 0.25) is 0 Å². The van der Waals surface area contributed by atoms with Crippen LogP contribution in [0.4, 0.5) is 9.59 Å². The Balaban J connectivity index is 1.76. The first-order valence-corrected chi connectivity index (χ1v) is 14.9. The van der Waals surface area contributed by atoms with E-state index in [1.54, 1.807) is 18.6 Å². The van der Waals surface area contributed by atoms with Crippen LogP contribution < -0.4 is 16.0 Å². The van der Waals surface area contributed by atoms with Crippen LogP contribution >= 0.6 is 11.3 Å². The Morgan fingerprint density at radius 3 is 2.07 bits per heavy atom. The zero-order chi connectivity index (χ0) is 30.3. The molecular formula is C31H40N4O6S. The lowest BCUT2D eigenvalue weighted by molar-refractivity contribution is -0.125. The van der Waals surface area contributed by atoms with Crippen molar-refractivity contribution in [1.29, 1.82) is 0 Å². The highest BCUT2D eigenvalue weighted by atomic mass is 32.1. The fourth-order valence-electron chi connectivity index (χ4n) is 4.47. The first kappa shape index (κ1) is 32.6. The molecule has 4 N–H and O–H groups in total. The van der Waals surface area contributed by atoms with Crippen molar-refractivity contribution in [3.05, 3.63) is 88.4 Å². The molecular weight excluding hydrogens is 556 g/mol. The summed E-state index contributed by atoms with van der Waals surface area (Å²) in [7, 11) is 0. The van der Waals surface area contributed by atoms with Crippen molar-refractivity contribution in [3.63, 3.8) is 0 Å². The monoisotopic (exact) mass is 596 g/mol. The van der Waals surface area contributed by atoms with Crippen LogP contribution in [0.3, 0.4) is 0 Å². The summed E-state index contributed by atoms with van der Waals surface area (Å²) >= 11 is 1.38. The predicted molar refractivity (Wildman–Crippen MR) is 161 cm³/mol. The Morgan fingerprint density at radius 1 is 0.881 bits per heavy atom. The maximum absolute atomic E-state index is 13.4. The SMILES string of the molecule is CCOC(=O)N[C@H](C(=O)N[C@@H](Cc1ccccc1)C[C@H](O)[C@H](Cc1ccccc1)NC(=O)OCc1cncs1)C(C)C. The van der Waals surface area contributed by atoms with Crippen molar-refractivity contribution in [3.8, 4) is 0 Å². The van der Waals surface area contributed by atoms with Crippen LogP contribution in [0.15, 0.2) is 72.4 Å². The Morgan fingerprint density at radius 2 is 1.50 bits per heavy atom. The van der Waals surface area contributed by atoms with Crippen molar-refractivity contribution < 1.29 is 29.0 Å². The second kappa shape index (κ2) is 17.1. The number of aliphatic hydroxyl groups is 1. The molecule has 3 rings (SSSR count). The molecule has 226 valence electrons. The lowest BCUT2D eigenvalue weighted by Gasteiger charge is -2.30. The van der Waals surface area contributed by atoms with Gasteiger partial charge in [0.15, 0.2) is 0 Å². The lowest BCUT2D eigenvalue weighted by Crippen LogP contribution is -2.54. The molecule has 11 heteroatoms. The zero-order valence-electron chi connectivity index (χ0n) is 24.2. The van der Waals surface area contributed by atoms with Gasteiger partial charge in [-0.05, 0) is 43.2 Å². The molecule has 0 saturated carbocycles. The first-order chi connectivity index (χ1) is 20.2. The molecule has 1 heterocycles. The van der Waals surface area contributed by atoms with Crippen molar-refractivity contribution in [1.82, 2.24) is 20.9 Å². The average Bonchev–Trinajstić information content (AvgIpc) is 3.49. The van der Waals surface area contributed by atoms with E-state index in [1.807, 2.05) is 74.5 Å². The van der Waals surface area contributed by atoms with Crippen LogP contribution in [0.1, 0.15) is 43.2 Å². The summed E-state index contributed by atoms with van der Waals surface area (Å²) in [5.74, 6) is -0.597. The summed E-state index contributed by atoms with van der Waals surface area (Å²) in [6.45, 7) is 5.60. The number of aliphatic hydroxyl groups excluding tert-OH is 1. The summed E-state index contributed by atoms with van der Waals surface area (Å²) in [5, 5.41) is 20.0. The summed E-state index contributed by atoms with van der Waals surface area (Å²) < 4.78 is 10.4. The van der Waals surface area contributed by atoms with E-state index in [9.17, 15) is 19.5 Å². The molecule has 0 unspecified atom stereocenters. The minimum atomic E-state index is -1.04. The molecule has 10 nitrogen and oxygen atoms in total. The normalized spacial score (nSPS) is 13.8. The minimum Gasteiger partial charge on any atom is -0.450 e. The Bertz CT molecular complexity index is 1230. The third-order valence-corrected chi connectivity index (χ3v) is 7.34. The van der Waals surface area contributed by atoms with Gasteiger partial charge in [0.25, 0.3) is 0 Å². The van der Waals surface area contributed by atoms with E-state index >= 15 is 0 Å². The number of rotatable bonds is 15. The number of alkyl carbamates (subject to hydrolysis) is 2.